The number of nitrogens with one attached hydrogen (secondary N) is 1. The molecule has 0 bridgehead atoms. The summed E-state index contributed by atoms with van der Waals surface area (Å²) in [5.41, 5.74) is -2.01. The highest BCUT2D eigenvalue weighted by Gasteiger charge is 2.54. The summed E-state index contributed by atoms with van der Waals surface area (Å²) in [7, 11) is -4.17. The molecule has 1 aliphatic rings. The molecule has 28 heavy (non-hydrogen) atoms. The number of piperidine rings is 1. The Bertz CT molecular complexity index is 951. The van der Waals surface area contributed by atoms with Crippen molar-refractivity contribution in [3.05, 3.63) is 30.1 Å². The number of nitrogens with two attached hydrogens (primary N) is 1. The summed E-state index contributed by atoms with van der Waals surface area (Å²) in [4.78, 5) is 28.6. The van der Waals surface area contributed by atoms with E-state index in [-0.39, 0.29) is 30.9 Å². The minimum atomic E-state index is -4.17. The lowest BCUT2D eigenvalue weighted by Crippen LogP contribution is -2.63. The summed E-state index contributed by atoms with van der Waals surface area (Å²) >= 11 is 0. The topological polar surface area (TPSA) is 170 Å². The number of carbonyl (C=O) groups excluding carboxylic acids is 2. The first-order valence-electron chi connectivity index (χ1n) is 8.22. The van der Waals surface area contributed by atoms with Gasteiger partial charge in [-0.2, -0.15) is 15.4 Å². The Morgan fingerprint density at radius 3 is 2.68 bits per heavy atom. The molecule has 0 spiro atoms. The van der Waals surface area contributed by atoms with E-state index < -0.39 is 27.3 Å². The number of ether oxygens (including phenoxy) is 1. The first kappa shape index (κ1) is 19.9. The lowest BCUT2D eigenvalue weighted by molar-refractivity contribution is -0.161. The van der Waals surface area contributed by atoms with E-state index in [2.05, 4.69) is 25.5 Å². The Morgan fingerprint density at radius 2 is 2.07 bits per heavy atom. The van der Waals surface area contributed by atoms with E-state index in [9.17, 15) is 18.0 Å². The summed E-state index contributed by atoms with van der Waals surface area (Å²) in [5, 5.41) is 13.2. The number of Topliss-reactive ketones (excluding diaryl/α,β-unsaturated/α-hetero) is 1. The van der Waals surface area contributed by atoms with Gasteiger partial charge in [-0.3, -0.25) is 4.79 Å². The number of nitrogens with zero attached hydrogens (tertiary/aromatic N) is 4. The molecular formula is C15H18N6O6S. The average molecular weight is 410 g/mol. The molecule has 3 N–H and O–H groups in total. The number of aromatic nitrogens is 4. The SMILES string of the molecule is C[C@]1(C(=O)ON)C(=O)CCCN1S(=O)(=O)c1ccc(OCc2nn[nH]n2)cc1. The summed E-state index contributed by atoms with van der Waals surface area (Å²) < 4.78 is 32.4. The third-order valence-corrected chi connectivity index (χ3v) is 6.48. The van der Waals surface area contributed by atoms with E-state index in [1.54, 1.807) is 0 Å². The molecule has 13 heteroatoms. The van der Waals surface area contributed by atoms with Crippen LogP contribution < -0.4 is 10.6 Å². The smallest absolute Gasteiger partial charge is 0.353 e. The number of H-pyrrole nitrogens is 1. The van der Waals surface area contributed by atoms with Crippen molar-refractivity contribution < 1.29 is 27.6 Å². The highest BCUT2D eigenvalue weighted by molar-refractivity contribution is 7.89. The fourth-order valence-corrected chi connectivity index (χ4v) is 4.67. The van der Waals surface area contributed by atoms with Gasteiger partial charge in [-0.1, -0.05) is 5.21 Å². The maximum absolute atomic E-state index is 13.1. The monoisotopic (exact) mass is 410 g/mol. The van der Waals surface area contributed by atoms with E-state index >= 15 is 0 Å². The van der Waals surface area contributed by atoms with Gasteiger partial charge < -0.3 is 9.57 Å². The molecule has 1 aliphatic heterocycles. The molecule has 12 nitrogen and oxygen atoms in total. The number of aromatic amines is 1. The molecule has 0 aliphatic carbocycles. The molecule has 1 aromatic carbocycles. The Morgan fingerprint density at radius 1 is 1.36 bits per heavy atom. The highest BCUT2D eigenvalue weighted by atomic mass is 32.2. The molecule has 1 atom stereocenters. The van der Waals surface area contributed by atoms with Crippen molar-refractivity contribution in [2.24, 2.45) is 5.90 Å². The second kappa shape index (κ2) is 7.61. The Labute approximate surface area is 160 Å². The van der Waals surface area contributed by atoms with Gasteiger partial charge >= 0.3 is 5.97 Å². The predicted octanol–water partition coefficient (Wildman–Crippen LogP) is -0.692. The Kier molecular flexibility index (Phi) is 5.40. The van der Waals surface area contributed by atoms with Crippen LogP contribution in [0, 0.1) is 0 Å². The zero-order valence-electron chi connectivity index (χ0n) is 14.9. The lowest BCUT2D eigenvalue weighted by atomic mass is 9.89. The van der Waals surface area contributed by atoms with Crippen molar-refractivity contribution in [1.29, 1.82) is 0 Å². The van der Waals surface area contributed by atoms with Gasteiger partial charge in [0.05, 0.1) is 4.90 Å². The molecule has 0 unspecified atom stereocenters. The Balaban J connectivity index is 1.84. The maximum Gasteiger partial charge on any atom is 0.353 e. The number of tetrazole rings is 1. The van der Waals surface area contributed by atoms with Gasteiger partial charge in [0.25, 0.3) is 0 Å². The minimum absolute atomic E-state index is 0.0181. The maximum atomic E-state index is 13.1. The quantitative estimate of drug-likeness (QED) is 0.459. The number of sulfonamides is 1. The number of hydrogen-bond acceptors (Lipinski definition) is 10. The van der Waals surface area contributed by atoms with Crippen molar-refractivity contribution in [1.82, 2.24) is 24.9 Å². The third kappa shape index (κ3) is 3.46. The predicted molar refractivity (Wildman–Crippen MR) is 91.8 cm³/mol. The van der Waals surface area contributed by atoms with Gasteiger partial charge in [0.1, 0.15) is 5.75 Å². The first-order chi connectivity index (χ1) is 13.3. The van der Waals surface area contributed by atoms with E-state index in [4.69, 9.17) is 10.6 Å². The van der Waals surface area contributed by atoms with E-state index in [1.807, 2.05) is 0 Å². The largest absolute Gasteiger partial charge is 0.485 e. The van der Waals surface area contributed by atoms with Gasteiger partial charge in [-0.25, -0.2) is 13.2 Å². The lowest BCUT2D eigenvalue weighted by Gasteiger charge is -2.39. The van der Waals surface area contributed by atoms with Crippen molar-refractivity contribution in [2.45, 2.75) is 36.8 Å². The summed E-state index contributed by atoms with van der Waals surface area (Å²) in [6, 6.07) is 5.51. The second-order valence-corrected chi connectivity index (χ2v) is 8.03. The minimum Gasteiger partial charge on any atom is -0.485 e. The van der Waals surface area contributed by atoms with Crippen LogP contribution in [-0.4, -0.2) is 57.2 Å². The van der Waals surface area contributed by atoms with Crippen LogP contribution in [0.15, 0.2) is 29.2 Å². The first-order valence-corrected chi connectivity index (χ1v) is 9.66. The normalized spacial score (nSPS) is 20.7. The van der Waals surface area contributed by atoms with Crippen LogP contribution in [0.1, 0.15) is 25.6 Å². The summed E-state index contributed by atoms with van der Waals surface area (Å²) in [6.45, 7) is 1.23. The van der Waals surface area contributed by atoms with Gasteiger partial charge in [0, 0.05) is 13.0 Å². The zero-order valence-corrected chi connectivity index (χ0v) is 15.7. The number of ketones is 1. The van der Waals surface area contributed by atoms with E-state index in [0.29, 0.717) is 11.6 Å². The van der Waals surface area contributed by atoms with E-state index in [0.717, 1.165) is 4.31 Å². The standard InChI is InChI=1S/C15H18N6O6S/c1-15(14(23)27-16)12(22)3-2-8-21(15)28(24,25)11-6-4-10(5-7-11)26-9-13-17-19-20-18-13/h4-7H,2-3,8-9,16H2,1H3,(H,17,18,19,20)/t15-/m1/s1. The molecule has 2 aromatic rings. The van der Waals surface area contributed by atoms with Crippen LogP contribution in [-0.2, 0) is 31.1 Å². The fraction of sp³-hybridized carbons (Fsp3) is 0.400. The molecule has 150 valence electrons. The van der Waals surface area contributed by atoms with Crippen LogP contribution in [0.4, 0.5) is 0 Å². The van der Waals surface area contributed by atoms with Crippen molar-refractivity contribution in [3.63, 3.8) is 0 Å². The molecule has 1 aromatic heterocycles. The molecule has 0 radical (unpaired) electrons. The van der Waals surface area contributed by atoms with Crippen molar-refractivity contribution in [3.8, 4) is 5.75 Å². The summed E-state index contributed by atoms with van der Waals surface area (Å²) in [5.74, 6) is 3.95. The fourth-order valence-electron chi connectivity index (χ4n) is 2.91. The zero-order chi connectivity index (χ0) is 20.4. The van der Waals surface area contributed by atoms with Crippen LogP contribution in [0.3, 0.4) is 0 Å². The molecule has 0 saturated carbocycles. The highest BCUT2D eigenvalue weighted by Crippen LogP contribution is 2.32. The third-order valence-electron chi connectivity index (χ3n) is 4.48. The van der Waals surface area contributed by atoms with Crippen LogP contribution in [0.5, 0.6) is 5.75 Å². The van der Waals surface area contributed by atoms with Crippen molar-refractivity contribution >= 4 is 21.8 Å². The summed E-state index contributed by atoms with van der Waals surface area (Å²) in [6.07, 6.45) is 0.345. The van der Waals surface area contributed by atoms with Crippen LogP contribution >= 0.6 is 0 Å². The van der Waals surface area contributed by atoms with Gasteiger partial charge in [-0.15, -0.1) is 10.2 Å². The molecule has 0 amide bonds. The number of benzene rings is 1. The number of hydrogen-bond donors (Lipinski definition) is 2. The molecule has 3 rings (SSSR count). The second-order valence-electron chi connectivity index (χ2n) is 6.17. The Hall–Kier alpha value is -2.90. The van der Waals surface area contributed by atoms with Crippen LogP contribution in [0.25, 0.3) is 0 Å². The number of rotatable bonds is 6. The molecule has 1 fully saturated rings. The van der Waals surface area contributed by atoms with Crippen molar-refractivity contribution in [2.75, 3.05) is 6.54 Å². The molecular weight excluding hydrogens is 392 g/mol. The average Bonchev–Trinajstić information content (AvgIpc) is 3.21. The van der Waals surface area contributed by atoms with Gasteiger partial charge in [-0.05, 0) is 37.6 Å². The molecule has 1 saturated heterocycles. The van der Waals surface area contributed by atoms with Gasteiger partial charge in [0.2, 0.25) is 15.8 Å². The van der Waals surface area contributed by atoms with E-state index in [1.165, 1.54) is 31.2 Å². The van der Waals surface area contributed by atoms with Crippen LogP contribution in [0.2, 0.25) is 0 Å². The van der Waals surface area contributed by atoms with Gasteiger partial charge in [0.15, 0.2) is 17.9 Å². The number of carbonyl (C=O) groups is 2. The molecule has 2 heterocycles.